The van der Waals surface area contributed by atoms with Crippen molar-refractivity contribution < 1.29 is 0 Å². The number of nitrogens with zero attached hydrogens (tertiary/aromatic N) is 2. The third-order valence-corrected chi connectivity index (χ3v) is 3.56. The average molecular weight is 238 g/mol. The Balaban J connectivity index is 1.78. The minimum Gasteiger partial charge on any atom is -0.352 e. The summed E-state index contributed by atoms with van der Waals surface area (Å²) in [5.74, 6) is 0. The third kappa shape index (κ3) is 2.06. The van der Waals surface area contributed by atoms with E-state index in [1.54, 1.807) is 0 Å². The van der Waals surface area contributed by atoms with Crippen molar-refractivity contribution in [3.05, 3.63) is 60.2 Å². The first kappa shape index (κ1) is 11.1. The highest BCUT2D eigenvalue weighted by Gasteiger charge is 2.20. The second kappa shape index (κ2) is 4.73. The number of rotatable bonds is 2. The summed E-state index contributed by atoms with van der Waals surface area (Å²) in [5.41, 5.74) is 4.02. The Morgan fingerprint density at radius 2 is 1.44 bits per heavy atom. The molecule has 92 valence electrons. The fourth-order valence-electron chi connectivity index (χ4n) is 2.55. The Kier molecular flexibility index (Phi) is 2.93. The molecule has 0 aliphatic carbocycles. The van der Waals surface area contributed by atoms with Gasteiger partial charge in [0.2, 0.25) is 0 Å². The maximum atomic E-state index is 2.45. The predicted octanol–water partition coefficient (Wildman–Crippen LogP) is 3.28. The lowest BCUT2D eigenvalue weighted by atomic mass is 10.2. The summed E-state index contributed by atoms with van der Waals surface area (Å²) in [6, 6.07) is 19.3. The third-order valence-electron chi connectivity index (χ3n) is 3.56. The van der Waals surface area contributed by atoms with Crippen LogP contribution in [0, 0.1) is 6.92 Å². The molecule has 2 aromatic rings. The van der Waals surface area contributed by atoms with Gasteiger partial charge >= 0.3 is 0 Å². The van der Waals surface area contributed by atoms with Gasteiger partial charge in [-0.25, -0.2) is 0 Å². The SMILES string of the molecule is Cc1ccccc1N1CCN(c2ccccc2)C1. The lowest BCUT2D eigenvalue weighted by Gasteiger charge is -2.22. The molecule has 18 heavy (non-hydrogen) atoms. The van der Waals surface area contributed by atoms with Gasteiger partial charge in [0, 0.05) is 24.5 Å². The summed E-state index contributed by atoms with van der Waals surface area (Å²) < 4.78 is 0. The van der Waals surface area contributed by atoms with E-state index in [0.717, 1.165) is 19.8 Å². The highest BCUT2D eigenvalue weighted by molar-refractivity contribution is 5.57. The molecule has 0 saturated carbocycles. The Bertz CT molecular complexity index is 522. The molecule has 0 atom stereocenters. The van der Waals surface area contributed by atoms with Crippen LogP contribution in [0.5, 0.6) is 0 Å². The Labute approximate surface area is 108 Å². The second-order valence-electron chi connectivity index (χ2n) is 4.79. The van der Waals surface area contributed by atoms with Crippen LogP contribution in [0.4, 0.5) is 11.4 Å². The predicted molar refractivity (Wildman–Crippen MR) is 77.2 cm³/mol. The monoisotopic (exact) mass is 238 g/mol. The Hall–Kier alpha value is -1.96. The van der Waals surface area contributed by atoms with Gasteiger partial charge in [-0.1, -0.05) is 36.4 Å². The molecule has 0 spiro atoms. The fraction of sp³-hybridized carbons (Fsp3) is 0.250. The van der Waals surface area contributed by atoms with Gasteiger partial charge in [-0.05, 0) is 30.7 Å². The van der Waals surface area contributed by atoms with Crippen LogP contribution in [0.15, 0.2) is 54.6 Å². The quantitative estimate of drug-likeness (QED) is 0.792. The van der Waals surface area contributed by atoms with Gasteiger partial charge in [0.1, 0.15) is 0 Å². The zero-order chi connectivity index (χ0) is 12.4. The van der Waals surface area contributed by atoms with Crippen LogP contribution in [0.2, 0.25) is 0 Å². The highest BCUT2D eigenvalue weighted by atomic mass is 15.4. The number of hydrogen-bond acceptors (Lipinski definition) is 2. The molecule has 1 heterocycles. The minimum absolute atomic E-state index is 0.981. The zero-order valence-corrected chi connectivity index (χ0v) is 10.7. The number of anilines is 2. The maximum Gasteiger partial charge on any atom is 0.0904 e. The van der Waals surface area contributed by atoms with Crippen LogP contribution < -0.4 is 9.80 Å². The molecule has 0 radical (unpaired) electrons. The van der Waals surface area contributed by atoms with E-state index in [0.29, 0.717) is 0 Å². The topological polar surface area (TPSA) is 6.48 Å². The van der Waals surface area contributed by atoms with Crippen molar-refractivity contribution in [1.82, 2.24) is 0 Å². The van der Waals surface area contributed by atoms with Crippen LogP contribution >= 0.6 is 0 Å². The van der Waals surface area contributed by atoms with Gasteiger partial charge in [-0.15, -0.1) is 0 Å². The van der Waals surface area contributed by atoms with E-state index in [2.05, 4.69) is 71.3 Å². The molecule has 0 amide bonds. The lowest BCUT2D eigenvalue weighted by Crippen LogP contribution is -2.25. The van der Waals surface area contributed by atoms with Crippen molar-refractivity contribution in [3.8, 4) is 0 Å². The summed E-state index contributed by atoms with van der Waals surface area (Å²) in [7, 11) is 0. The molecule has 0 aromatic heterocycles. The molecule has 2 nitrogen and oxygen atoms in total. The van der Waals surface area contributed by atoms with E-state index < -0.39 is 0 Å². The molecule has 3 rings (SSSR count). The molecular weight excluding hydrogens is 220 g/mol. The molecule has 0 N–H and O–H groups in total. The number of aryl methyl sites for hydroxylation is 1. The number of benzene rings is 2. The molecule has 1 fully saturated rings. The van der Waals surface area contributed by atoms with E-state index in [1.807, 2.05) is 0 Å². The molecule has 2 aromatic carbocycles. The summed E-state index contributed by atoms with van der Waals surface area (Å²) in [4.78, 5) is 4.87. The van der Waals surface area contributed by atoms with Gasteiger partial charge in [0.25, 0.3) is 0 Å². The normalized spacial score (nSPS) is 15.2. The summed E-state index contributed by atoms with van der Waals surface area (Å²) in [5, 5.41) is 0. The van der Waals surface area contributed by atoms with Gasteiger partial charge in [-0.2, -0.15) is 0 Å². The second-order valence-corrected chi connectivity index (χ2v) is 4.79. The Morgan fingerprint density at radius 3 is 2.22 bits per heavy atom. The van der Waals surface area contributed by atoms with Crippen molar-refractivity contribution in [1.29, 1.82) is 0 Å². The first-order valence-electron chi connectivity index (χ1n) is 6.45. The van der Waals surface area contributed by atoms with Crippen molar-refractivity contribution in [2.75, 3.05) is 29.6 Å². The Morgan fingerprint density at radius 1 is 0.778 bits per heavy atom. The minimum atomic E-state index is 0.981. The zero-order valence-electron chi connectivity index (χ0n) is 10.7. The van der Waals surface area contributed by atoms with Crippen LogP contribution in [0.3, 0.4) is 0 Å². The summed E-state index contributed by atoms with van der Waals surface area (Å²) in [6.07, 6.45) is 0. The van der Waals surface area contributed by atoms with Crippen molar-refractivity contribution >= 4 is 11.4 Å². The van der Waals surface area contributed by atoms with Crippen LogP contribution in [-0.4, -0.2) is 19.8 Å². The van der Waals surface area contributed by atoms with Crippen LogP contribution in [0.25, 0.3) is 0 Å². The lowest BCUT2D eigenvalue weighted by molar-refractivity contribution is 0.945. The van der Waals surface area contributed by atoms with E-state index in [9.17, 15) is 0 Å². The van der Waals surface area contributed by atoms with Crippen LogP contribution in [0.1, 0.15) is 5.56 Å². The highest BCUT2D eigenvalue weighted by Crippen LogP contribution is 2.25. The molecular formula is C16H18N2. The fourth-order valence-corrected chi connectivity index (χ4v) is 2.55. The summed E-state index contributed by atoms with van der Waals surface area (Å²) in [6.45, 7) is 5.35. The summed E-state index contributed by atoms with van der Waals surface area (Å²) >= 11 is 0. The molecule has 1 aliphatic rings. The first-order chi connectivity index (χ1) is 8.84. The average Bonchev–Trinajstić information content (AvgIpc) is 2.90. The standard InChI is InChI=1S/C16H18N2/c1-14-7-5-6-10-16(14)18-12-11-17(13-18)15-8-3-2-4-9-15/h2-10H,11-13H2,1H3. The smallest absolute Gasteiger partial charge is 0.0904 e. The molecule has 1 saturated heterocycles. The molecule has 0 bridgehead atoms. The van der Waals surface area contributed by atoms with E-state index in [-0.39, 0.29) is 0 Å². The van der Waals surface area contributed by atoms with E-state index >= 15 is 0 Å². The van der Waals surface area contributed by atoms with E-state index in [4.69, 9.17) is 0 Å². The van der Waals surface area contributed by atoms with Crippen LogP contribution in [-0.2, 0) is 0 Å². The largest absolute Gasteiger partial charge is 0.352 e. The van der Waals surface area contributed by atoms with Crippen molar-refractivity contribution in [2.45, 2.75) is 6.92 Å². The van der Waals surface area contributed by atoms with Crippen molar-refractivity contribution in [2.24, 2.45) is 0 Å². The van der Waals surface area contributed by atoms with Gasteiger partial charge in [0.05, 0.1) is 6.67 Å². The first-order valence-corrected chi connectivity index (χ1v) is 6.45. The van der Waals surface area contributed by atoms with Gasteiger partial charge < -0.3 is 9.80 Å². The van der Waals surface area contributed by atoms with Gasteiger partial charge in [0.15, 0.2) is 0 Å². The number of para-hydroxylation sites is 2. The maximum absolute atomic E-state index is 2.45. The number of hydrogen-bond donors (Lipinski definition) is 0. The van der Waals surface area contributed by atoms with Crippen molar-refractivity contribution in [3.63, 3.8) is 0 Å². The van der Waals surface area contributed by atoms with E-state index in [1.165, 1.54) is 16.9 Å². The van der Waals surface area contributed by atoms with Gasteiger partial charge in [-0.3, -0.25) is 0 Å². The molecule has 2 heteroatoms. The molecule has 0 unspecified atom stereocenters. The molecule has 1 aliphatic heterocycles.